The Balaban J connectivity index is 1.62. The summed E-state index contributed by atoms with van der Waals surface area (Å²) in [6.45, 7) is 8.06. The van der Waals surface area contributed by atoms with Crippen molar-refractivity contribution in [2.45, 2.75) is 52.0 Å². The van der Waals surface area contributed by atoms with Gasteiger partial charge in [0.2, 0.25) is 5.91 Å². The van der Waals surface area contributed by atoms with Crippen molar-refractivity contribution < 1.29 is 9.59 Å². The summed E-state index contributed by atoms with van der Waals surface area (Å²) in [4.78, 5) is 24.6. The van der Waals surface area contributed by atoms with Crippen LogP contribution in [0.25, 0.3) is 0 Å². The van der Waals surface area contributed by atoms with Crippen molar-refractivity contribution >= 4 is 33.4 Å². The van der Waals surface area contributed by atoms with E-state index in [4.69, 9.17) is 0 Å². The third-order valence-corrected chi connectivity index (χ3v) is 5.34. The number of hydrogen-bond donors (Lipinski definition) is 2. The van der Waals surface area contributed by atoms with E-state index < -0.39 is 0 Å². The Morgan fingerprint density at radius 3 is 2.56 bits per heavy atom. The van der Waals surface area contributed by atoms with Crippen LogP contribution in [0.5, 0.6) is 0 Å². The van der Waals surface area contributed by atoms with Crippen LogP contribution in [0, 0.1) is 6.92 Å². The highest BCUT2D eigenvalue weighted by Crippen LogP contribution is 2.41. The first-order valence-electron chi connectivity index (χ1n) is 9.10. The highest BCUT2D eigenvalue weighted by Gasteiger charge is 2.32. The van der Waals surface area contributed by atoms with Crippen molar-refractivity contribution in [3.05, 3.63) is 45.7 Å². The van der Waals surface area contributed by atoms with Crippen molar-refractivity contribution in [2.75, 3.05) is 11.9 Å². The van der Waals surface area contributed by atoms with Gasteiger partial charge in [-0.1, -0.05) is 15.9 Å². The molecule has 2 N–H and O–H groups in total. The fourth-order valence-electron chi connectivity index (χ4n) is 2.89. The Hall–Kier alpha value is -2.15. The van der Waals surface area contributed by atoms with Gasteiger partial charge in [0.05, 0.1) is 12.1 Å². The molecule has 0 atom stereocenters. The van der Waals surface area contributed by atoms with Gasteiger partial charge in [-0.3, -0.25) is 14.3 Å². The van der Waals surface area contributed by atoms with Gasteiger partial charge in [0, 0.05) is 21.8 Å². The molecule has 0 unspecified atom stereocenters. The topological polar surface area (TPSA) is 76.0 Å². The van der Waals surface area contributed by atoms with Crippen LogP contribution in [0.3, 0.4) is 0 Å². The van der Waals surface area contributed by atoms with E-state index in [0.29, 0.717) is 17.3 Å². The molecule has 0 spiro atoms. The summed E-state index contributed by atoms with van der Waals surface area (Å²) < 4.78 is 2.92. The molecule has 0 saturated heterocycles. The summed E-state index contributed by atoms with van der Waals surface area (Å²) in [6.07, 6.45) is 2.27. The van der Waals surface area contributed by atoms with E-state index in [-0.39, 0.29) is 23.9 Å². The number of carbonyl (C=O) groups is 2. The third-order valence-electron chi connectivity index (χ3n) is 4.45. The number of aromatic nitrogens is 2. The van der Waals surface area contributed by atoms with Crippen molar-refractivity contribution in [1.82, 2.24) is 15.1 Å². The van der Waals surface area contributed by atoms with Gasteiger partial charge in [-0.2, -0.15) is 5.10 Å². The highest BCUT2D eigenvalue weighted by molar-refractivity contribution is 9.10. The fraction of sp³-hybridized carbons (Fsp3) is 0.450. The van der Waals surface area contributed by atoms with Crippen LogP contribution < -0.4 is 10.6 Å². The minimum absolute atomic E-state index is 0.102. The number of nitrogens with zero attached hydrogens (tertiary/aromatic N) is 2. The first-order chi connectivity index (χ1) is 12.6. The molecule has 1 aliphatic carbocycles. The van der Waals surface area contributed by atoms with E-state index in [2.05, 4.69) is 52.4 Å². The van der Waals surface area contributed by atoms with E-state index in [1.165, 1.54) is 0 Å². The smallest absolute Gasteiger partial charge is 0.272 e. The van der Waals surface area contributed by atoms with Gasteiger partial charge in [0.1, 0.15) is 5.69 Å². The normalized spacial score (nSPS) is 14.1. The summed E-state index contributed by atoms with van der Waals surface area (Å²) in [5.74, 6) is -0.119. The lowest BCUT2D eigenvalue weighted by Crippen LogP contribution is -2.33. The molecule has 1 saturated carbocycles. The van der Waals surface area contributed by atoms with Crippen LogP contribution in [-0.4, -0.2) is 28.1 Å². The lowest BCUT2D eigenvalue weighted by Gasteiger charge is -2.22. The first-order valence-corrected chi connectivity index (χ1v) is 9.89. The van der Waals surface area contributed by atoms with Crippen molar-refractivity contribution in [2.24, 2.45) is 0 Å². The number of carbonyl (C=O) groups excluding carboxylic acids is 2. The molecule has 0 radical (unpaired) electrons. The molecule has 144 valence electrons. The van der Waals surface area contributed by atoms with Gasteiger partial charge in [-0.15, -0.1) is 0 Å². The zero-order chi connectivity index (χ0) is 19.8. The lowest BCUT2D eigenvalue weighted by molar-refractivity contribution is -0.115. The van der Waals surface area contributed by atoms with Gasteiger partial charge < -0.3 is 10.6 Å². The maximum atomic E-state index is 12.5. The molecule has 7 heteroatoms. The molecule has 0 bridgehead atoms. The van der Waals surface area contributed by atoms with Crippen LogP contribution in [-0.2, 0) is 10.3 Å². The Kier molecular flexibility index (Phi) is 5.42. The summed E-state index contributed by atoms with van der Waals surface area (Å²) in [5, 5.41) is 9.94. The largest absolute Gasteiger partial charge is 0.342 e. The second kappa shape index (κ2) is 7.46. The SMILES string of the molecule is Cc1cc(NC(=O)CNC(=O)c2cc(C3CC3)n(C(C)(C)C)n2)ccc1Br. The van der Waals surface area contributed by atoms with E-state index in [1.54, 1.807) is 0 Å². The fourth-order valence-corrected chi connectivity index (χ4v) is 3.14. The molecule has 1 fully saturated rings. The molecule has 3 rings (SSSR count). The van der Waals surface area contributed by atoms with Gasteiger partial charge >= 0.3 is 0 Å². The molecule has 2 aromatic rings. The third kappa shape index (κ3) is 4.77. The number of aryl methyl sites for hydroxylation is 1. The number of hydrogen-bond acceptors (Lipinski definition) is 3. The molecule has 1 aromatic heterocycles. The zero-order valence-corrected chi connectivity index (χ0v) is 17.7. The summed E-state index contributed by atoms with van der Waals surface area (Å²) >= 11 is 3.43. The number of amides is 2. The van der Waals surface area contributed by atoms with Gasteiger partial charge in [-0.25, -0.2) is 0 Å². The second-order valence-electron chi connectivity index (χ2n) is 8.01. The lowest BCUT2D eigenvalue weighted by atomic mass is 10.1. The summed E-state index contributed by atoms with van der Waals surface area (Å²) in [6, 6.07) is 7.41. The zero-order valence-electron chi connectivity index (χ0n) is 16.1. The van der Waals surface area contributed by atoms with Gasteiger partial charge in [0.25, 0.3) is 5.91 Å². The molecule has 1 aliphatic rings. The Bertz CT molecular complexity index is 879. The van der Waals surface area contributed by atoms with E-state index in [0.717, 1.165) is 28.6 Å². The number of rotatable bonds is 5. The van der Waals surface area contributed by atoms with E-state index in [9.17, 15) is 9.59 Å². The van der Waals surface area contributed by atoms with Crippen molar-refractivity contribution in [3.8, 4) is 0 Å². The van der Waals surface area contributed by atoms with Gasteiger partial charge in [0.15, 0.2) is 0 Å². The average molecular weight is 433 g/mol. The number of nitrogens with one attached hydrogen (secondary N) is 2. The minimum atomic E-state index is -0.331. The summed E-state index contributed by atoms with van der Waals surface area (Å²) in [5.41, 5.74) is 2.99. The molecular formula is C20H25BrN4O2. The molecule has 2 amide bonds. The van der Waals surface area contributed by atoms with E-state index in [1.807, 2.05) is 35.9 Å². The Morgan fingerprint density at radius 2 is 1.96 bits per heavy atom. The average Bonchev–Trinajstić information content (AvgIpc) is 3.33. The highest BCUT2D eigenvalue weighted by atomic mass is 79.9. The molecule has 27 heavy (non-hydrogen) atoms. The molecule has 0 aliphatic heterocycles. The van der Waals surface area contributed by atoms with Crippen LogP contribution in [0.1, 0.15) is 61.3 Å². The maximum absolute atomic E-state index is 12.5. The first kappa shape index (κ1) is 19.6. The maximum Gasteiger partial charge on any atom is 0.272 e. The van der Waals surface area contributed by atoms with Gasteiger partial charge in [-0.05, 0) is 70.4 Å². The summed E-state index contributed by atoms with van der Waals surface area (Å²) in [7, 11) is 0. The monoisotopic (exact) mass is 432 g/mol. The predicted molar refractivity (Wildman–Crippen MR) is 109 cm³/mol. The van der Waals surface area contributed by atoms with Crippen molar-refractivity contribution in [1.29, 1.82) is 0 Å². The van der Waals surface area contributed by atoms with Crippen LogP contribution in [0.4, 0.5) is 5.69 Å². The second-order valence-corrected chi connectivity index (χ2v) is 8.86. The number of halogens is 1. The minimum Gasteiger partial charge on any atom is -0.342 e. The molecular weight excluding hydrogens is 408 g/mol. The standard InChI is InChI=1S/C20H25BrN4O2/c1-12-9-14(7-8-15(12)21)23-18(26)11-22-19(27)16-10-17(13-5-6-13)25(24-16)20(2,3)4/h7-10,13H,5-6,11H2,1-4H3,(H,22,27)(H,23,26). The number of benzene rings is 1. The van der Waals surface area contributed by atoms with E-state index >= 15 is 0 Å². The Labute approximate surface area is 167 Å². The molecule has 1 heterocycles. The number of anilines is 1. The van der Waals surface area contributed by atoms with Crippen LogP contribution in [0.2, 0.25) is 0 Å². The predicted octanol–water partition coefficient (Wildman–Crippen LogP) is 3.95. The molecule has 1 aromatic carbocycles. The Morgan fingerprint density at radius 1 is 1.26 bits per heavy atom. The van der Waals surface area contributed by atoms with Crippen LogP contribution in [0.15, 0.2) is 28.7 Å². The van der Waals surface area contributed by atoms with Crippen molar-refractivity contribution in [3.63, 3.8) is 0 Å². The van der Waals surface area contributed by atoms with Crippen LogP contribution >= 0.6 is 15.9 Å². The quantitative estimate of drug-likeness (QED) is 0.750. The molecule has 6 nitrogen and oxygen atoms in total.